The van der Waals surface area contributed by atoms with Gasteiger partial charge in [0, 0.05) is 25.2 Å². The molecule has 1 aliphatic heterocycles. The van der Waals surface area contributed by atoms with Gasteiger partial charge in [0.15, 0.2) is 11.6 Å². The van der Waals surface area contributed by atoms with Crippen LogP contribution in [0.1, 0.15) is 12.0 Å². The number of carbonyl (C=O) groups is 1. The molecule has 2 N–H and O–H groups in total. The Morgan fingerprint density at radius 3 is 2.95 bits per heavy atom. The average molecular weight is 264 g/mol. The van der Waals surface area contributed by atoms with Crippen LogP contribution in [0.15, 0.2) is 24.3 Å². The Morgan fingerprint density at radius 1 is 1.58 bits per heavy atom. The summed E-state index contributed by atoms with van der Waals surface area (Å²) in [6, 6.07) is 4.63. The van der Waals surface area contributed by atoms with Crippen LogP contribution >= 0.6 is 0 Å². The number of benzene rings is 1. The van der Waals surface area contributed by atoms with Gasteiger partial charge in [0.05, 0.1) is 7.11 Å². The smallest absolute Gasteiger partial charge is 0.246 e. The van der Waals surface area contributed by atoms with Crippen molar-refractivity contribution in [3.63, 3.8) is 0 Å². The van der Waals surface area contributed by atoms with Crippen molar-refractivity contribution >= 4 is 12.0 Å². The Morgan fingerprint density at radius 2 is 2.37 bits per heavy atom. The van der Waals surface area contributed by atoms with Crippen molar-refractivity contribution in [1.29, 1.82) is 0 Å². The molecule has 0 aromatic heterocycles. The van der Waals surface area contributed by atoms with Crippen molar-refractivity contribution in [3.05, 3.63) is 35.7 Å². The molecule has 0 spiro atoms. The Bertz CT molecular complexity index is 502. The van der Waals surface area contributed by atoms with E-state index < -0.39 is 5.82 Å². The third-order valence-corrected chi connectivity index (χ3v) is 3.13. The summed E-state index contributed by atoms with van der Waals surface area (Å²) in [5, 5.41) is 0. The molecular weight excluding hydrogens is 247 g/mol. The molecule has 1 aromatic rings. The third kappa shape index (κ3) is 3.32. The number of hydrogen-bond acceptors (Lipinski definition) is 3. The van der Waals surface area contributed by atoms with Crippen LogP contribution in [0, 0.1) is 5.82 Å². The van der Waals surface area contributed by atoms with E-state index in [1.165, 1.54) is 25.3 Å². The lowest BCUT2D eigenvalue weighted by atomic mass is 10.2. The van der Waals surface area contributed by atoms with E-state index in [9.17, 15) is 9.18 Å². The molecule has 1 unspecified atom stereocenters. The molecule has 1 aliphatic rings. The Balaban J connectivity index is 2.02. The fraction of sp³-hybridized carbons (Fsp3) is 0.357. The third-order valence-electron chi connectivity index (χ3n) is 3.13. The van der Waals surface area contributed by atoms with Crippen LogP contribution in [0.3, 0.4) is 0 Å². The van der Waals surface area contributed by atoms with E-state index in [0.29, 0.717) is 18.7 Å². The summed E-state index contributed by atoms with van der Waals surface area (Å²) in [6.07, 6.45) is 3.87. The predicted octanol–water partition coefficient (Wildman–Crippen LogP) is 1.41. The largest absolute Gasteiger partial charge is 0.494 e. The SMILES string of the molecule is COc1ccc(/C=C/C(=O)N2CCC(N)C2)cc1F. The van der Waals surface area contributed by atoms with Gasteiger partial charge in [-0.2, -0.15) is 0 Å². The van der Waals surface area contributed by atoms with Crippen molar-refractivity contribution in [2.45, 2.75) is 12.5 Å². The van der Waals surface area contributed by atoms with E-state index in [-0.39, 0.29) is 17.7 Å². The summed E-state index contributed by atoms with van der Waals surface area (Å²) in [6.45, 7) is 1.27. The fourth-order valence-electron chi connectivity index (χ4n) is 2.05. The van der Waals surface area contributed by atoms with Crippen LogP contribution in [0.4, 0.5) is 4.39 Å². The monoisotopic (exact) mass is 264 g/mol. The molecule has 0 aliphatic carbocycles. The zero-order chi connectivity index (χ0) is 13.8. The number of rotatable bonds is 3. The van der Waals surface area contributed by atoms with Crippen LogP contribution in [0.25, 0.3) is 6.08 Å². The van der Waals surface area contributed by atoms with E-state index >= 15 is 0 Å². The first kappa shape index (κ1) is 13.5. The molecule has 19 heavy (non-hydrogen) atoms. The van der Waals surface area contributed by atoms with Gasteiger partial charge >= 0.3 is 0 Å². The van der Waals surface area contributed by atoms with Gasteiger partial charge in [-0.3, -0.25) is 4.79 Å². The predicted molar refractivity (Wildman–Crippen MR) is 71.2 cm³/mol. The topological polar surface area (TPSA) is 55.6 Å². The number of methoxy groups -OCH3 is 1. The molecule has 1 atom stereocenters. The van der Waals surface area contributed by atoms with Crippen molar-refractivity contribution in [2.24, 2.45) is 5.73 Å². The second-order valence-corrected chi connectivity index (χ2v) is 4.56. The second kappa shape index (κ2) is 5.84. The Labute approximate surface area is 111 Å². The lowest BCUT2D eigenvalue weighted by molar-refractivity contribution is -0.124. The van der Waals surface area contributed by atoms with E-state index in [2.05, 4.69) is 0 Å². The summed E-state index contributed by atoms with van der Waals surface area (Å²) in [7, 11) is 1.41. The number of carbonyl (C=O) groups excluding carboxylic acids is 1. The molecule has 1 amide bonds. The van der Waals surface area contributed by atoms with Gasteiger partial charge < -0.3 is 15.4 Å². The molecule has 1 fully saturated rings. The van der Waals surface area contributed by atoms with Gasteiger partial charge in [-0.15, -0.1) is 0 Å². The summed E-state index contributed by atoms with van der Waals surface area (Å²) in [5.41, 5.74) is 6.36. The maximum atomic E-state index is 13.5. The molecule has 0 bridgehead atoms. The van der Waals surface area contributed by atoms with Crippen LogP contribution in [-0.4, -0.2) is 37.0 Å². The first-order valence-corrected chi connectivity index (χ1v) is 6.16. The molecule has 4 nitrogen and oxygen atoms in total. The lowest BCUT2D eigenvalue weighted by Crippen LogP contribution is -2.30. The number of nitrogens with zero attached hydrogens (tertiary/aromatic N) is 1. The molecule has 5 heteroatoms. The van der Waals surface area contributed by atoms with Gasteiger partial charge in [-0.1, -0.05) is 6.07 Å². The van der Waals surface area contributed by atoms with Gasteiger partial charge in [0.1, 0.15) is 0 Å². The fourth-order valence-corrected chi connectivity index (χ4v) is 2.05. The Kier molecular flexibility index (Phi) is 4.16. The maximum Gasteiger partial charge on any atom is 0.246 e. The zero-order valence-electron chi connectivity index (χ0n) is 10.8. The van der Waals surface area contributed by atoms with E-state index in [1.807, 2.05) is 0 Å². The number of hydrogen-bond donors (Lipinski definition) is 1. The van der Waals surface area contributed by atoms with E-state index in [0.717, 1.165) is 6.42 Å². The minimum absolute atomic E-state index is 0.0655. The highest BCUT2D eigenvalue weighted by Gasteiger charge is 2.21. The second-order valence-electron chi connectivity index (χ2n) is 4.56. The number of halogens is 1. The first-order chi connectivity index (χ1) is 9.10. The number of nitrogens with two attached hydrogens (primary N) is 1. The molecule has 1 aromatic carbocycles. The van der Waals surface area contributed by atoms with Crippen LogP contribution < -0.4 is 10.5 Å². The standard InChI is InChI=1S/C14H17FN2O2/c1-19-13-4-2-10(8-12(13)15)3-5-14(18)17-7-6-11(16)9-17/h2-5,8,11H,6-7,9,16H2,1H3/b5-3+. The number of ether oxygens (including phenoxy) is 1. The van der Waals surface area contributed by atoms with Gasteiger partial charge in [0.2, 0.25) is 5.91 Å². The van der Waals surface area contributed by atoms with Gasteiger partial charge in [-0.05, 0) is 30.2 Å². The average Bonchev–Trinajstić information content (AvgIpc) is 2.83. The molecule has 1 saturated heterocycles. The van der Waals surface area contributed by atoms with Gasteiger partial charge in [-0.25, -0.2) is 4.39 Å². The molecule has 2 rings (SSSR count). The molecule has 0 saturated carbocycles. The van der Waals surface area contributed by atoms with Crippen LogP contribution in [0.5, 0.6) is 5.75 Å². The maximum absolute atomic E-state index is 13.5. The van der Waals surface area contributed by atoms with Crippen LogP contribution in [-0.2, 0) is 4.79 Å². The van der Waals surface area contributed by atoms with Crippen LogP contribution in [0.2, 0.25) is 0 Å². The highest BCUT2D eigenvalue weighted by atomic mass is 19.1. The number of likely N-dealkylation sites (tertiary alicyclic amines) is 1. The minimum atomic E-state index is -0.444. The van der Waals surface area contributed by atoms with Crippen molar-refractivity contribution < 1.29 is 13.9 Å². The summed E-state index contributed by atoms with van der Waals surface area (Å²) >= 11 is 0. The quantitative estimate of drug-likeness (QED) is 0.840. The number of amides is 1. The van der Waals surface area contributed by atoms with Crippen molar-refractivity contribution in [2.75, 3.05) is 20.2 Å². The van der Waals surface area contributed by atoms with Crippen molar-refractivity contribution in [3.8, 4) is 5.75 Å². The lowest BCUT2D eigenvalue weighted by Gasteiger charge is -2.12. The normalized spacial score (nSPS) is 19.1. The van der Waals surface area contributed by atoms with E-state index in [4.69, 9.17) is 10.5 Å². The minimum Gasteiger partial charge on any atom is -0.494 e. The summed E-state index contributed by atoms with van der Waals surface area (Å²) < 4.78 is 18.3. The van der Waals surface area contributed by atoms with Crippen molar-refractivity contribution in [1.82, 2.24) is 4.90 Å². The van der Waals surface area contributed by atoms with Gasteiger partial charge in [0.25, 0.3) is 0 Å². The Hall–Kier alpha value is -1.88. The highest BCUT2D eigenvalue weighted by Crippen LogP contribution is 2.18. The zero-order valence-corrected chi connectivity index (χ0v) is 10.8. The first-order valence-electron chi connectivity index (χ1n) is 6.16. The summed E-state index contributed by atoms with van der Waals surface area (Å²) in [5.74, 6) is -0.349. The molecule has 102 valence electrons. The highest BCUT2D eigenvalue weighted by molar-refractivity contribution is 5.92. The van der Waals surface area contributed by atoms with E-state index in [1.54, 1.807) is 17.0 Å². The molecule has 0 radical (unpaired) electrons. The molecular formula is C14H17FN2O2. The summed E-state index contributed by atoms with van der Waals surface area (Å²) in [4.78, 5) is 13.5. The molecule has 1 heterocycles.